The number of hydrogen-bond acceptors (Lipinski definition) is 2. The summed E-state index contributed by atoms with van der Waals surface area (Å²) >= 11 is 7.68. The van der Waals surface area contributed by atoms with Gasteiger partial charge in [0, 0.05) is 10.1 Å². The zero-order chi connectivity index (χ0) is 9.84. The largest absolute Gasteiger partial charge is 0.192 e. The normalized spacial score (nSPS) is 10.1. The summed E-state index contributed by atoms with van der Waals surface area (Å²) in [6.07, 6.45) is 0. The molecule has 1 rings (SSSR count). The van der Waals surface area contributed by atoms with E-state index in [0.29, 0.717) is 15.8 Å². The topological polar surface area (TPSA) is 23.8 Å². The fraction of sp³-hybridized carbons (Fsp3) is 0.300. The van der Waals surface area contributed by atoms with Gasteiger partial charge < -0.3 is 0 Å². The Morgan fingerprint density at radius 2 is 2.15 bits per heavy atom. The second-order valence-corrected chi connectivity index (χ2v) is 4.95. The minimum Gasteiger partial charge on any atom is -0.192 e. The summed E-state index contributed by atoms with van der Waals surface area (Å²) in [5.74, 6) is 0. The number of nitrogens with zero attached hydrogens (tertiary/aromatic N) is 1. The van der Waals surface area contributed by atoms with Crippen LogP contribution >= 0.6 is 23.4 Å². The Bertz CT molecular complexity index is 341. The van der Waals surface area contributed by atoms with Gasteiger partial charge in [-0.25, -0.2) is 0 Å². The highest BCUT2D eigenvalue weighted by atomic mass is 35.5. The van der Waals surface area contributed by atoms with E-state index in [0.717, 1.165) is 4.90 Å². The van der Waals surface area contributed by atoms with Crippen LogP contribution in [0.4, 0.5) is 0 Å². The van der Waals surface area contributed by atoms with E-state index in [2.05, 4.69) is 19.9 Å². The molecular formula is C10H10ClNS. The first kappa shape index (κ1) is 10.4. The van der Waals surface area contributed by atoms with Crippen LogP contribution in [0.5, 0.6) is 0 Å². The quantitative estimate of drug-likeness (QED) is 0.697. The van der Waals surface area contributed by atoms with Crippen molar-refractivity contribution >= 4 is 23.4 Å². The van der Waals surface area contributed by atoms with Crippen molar-refractivity contribution in [2.75, 3.05) is 0 Å². The van der Waals surface area contributed by atoms with E-state index in [9.17, 15) is 0 Å². The third kappa shape index (κ3) is 2.95. The lowest BCUT2D eigenvalue weighted by Crippen LogP contribution is -1.87. The smallest absolute Gasteiger partial charge is 0.0992 e. The molecule has 0 N–H and O–H groups in total. The molecule has 0 saturated carbocycles. The first-order valence-corrected chi connectivity index (χ1v) is 5.25. The van der Waals surface area contributed by atoms with Crippen LogP contribution in [0.3, 0.4) is 0 Å². The molecule has 0 saturated heterocycles. The van der Waals surface area contributed by atoms with Crippen LogP contribution < -0.4 is 0 Å². The molecule has 0 fully saturated rings. The standard InChI is InChI=1S/C10H10ClNS/c1-7(2)13-10-4-3-8(6-12)5-9(10)11/h3-5,7H,1-2H3. The minimum absolute atomic E-state index is 0.505. The van der Waals surface area contributed by atoms with Gasteiger partial charge in [-0.2, -0.15) is 5.26 Å². The van der Waals surface area contributed by atoms with E-state index in [1.54, 1.807) is 23.9 Å². The molecule has 0 aliphatic rings. The molecular weight excluding hydrogens is 202 g/mol. The van der Waals surface area contributed by atoms with Crippen molar-refractivity contribution in [1.29, 1.82) is 5.26 Å². The van der Waals surface area contributed by atoms with Gasteiger partial charge in [-0.1, -0.05) is 25.4 Å². The van der Waals surface area contributed by atoms with Gasteiger partial charge in [-0.3, -0.25) is 0 Å². The van der Waals surface area contributed by atoms with Gasteiger partial charge in [0.25, 0.3) is 0 Å². The van der Waals surface area contributed by atoms with Crippen molar-refractivity contribution in [3.8, 4) is 6.07 Å². The fourth-order valence-electron chi connectivity index (χ4n) is 0.920. The van der Waals surface area contributed by atoms with Crippen LogP contribution in [0.15, 0.2) is 23.1 Å². The lowest BCUT2D eigenvalue weighted by molar-refractivity contribution is 1.11. The Morgan fingerprint density at radius 1 is 1.46 bits per heavy atom. The Morgan fingerprint density at radius 3 is 2.62 bits per heavy atom. The van der Waals surface area contributed by atoms with Crippen LogP contribution in [0, 0.1) is 11.3 Å². The summed E-state index contributed by atoms with van der Waals surface area (Å²) in [5, 5.41) is 9.79. The van der Waals surface area contributed by atoms with Crippen LogP contribution in [-0.4, -0.2) is 5.25 Å². The summed E-state index contributed by atoms with van der Waals surface area (Å²) in [6.45, 7) is 4.22. The van der Waals surface area contributed by atoms with Gasteiger partial charge in [0.1, 0.15) is 0 Å². The number of hydrogen-bond donors (Lipinski definition) is 0. The number of benzene rings is 1. The maximum atomic E-state index is 8.62. The van der Waals surface area contributed by atoms with Crippen LogP contribution in [0.1, 0.15) is 19.4 Å². The van der Waals surface area contributed by atoms with Gasteiger partial charge in [0.15, 0.2) is 0 Å². The summed E-state index contributed by atoms with van der Waals surface area (Å²) in [4.78, 5) is 1.04. The van der Waals surface area contributed by atoms with Gasteiger partial charge in [0.2, 0.25) is 0 Å². The molecule has 68 valence electrons. The van der Waals surface area contributed by atoms with Gasteiger partial charge in [0.05, 0.1) is 16.7 Å². The molecule has 1 nitrogen and oxygen atoms in total. The Kier molecular flexibility index (Phi) is 3.65. The number of nitriles is 1. The second kappa shape index (κ2) is 4.55. The van der Waals surface area contributed by atoms with E-state index in [1.807, 2.05) is 6.07 Å². The van der Waals surface area contributed by atoms with Crippen LogP contribution in [0.25, 0.3) is 0 Å². The average Bonchev–Trinajstić information content (AvgIpc) is 2.08. The number of thioether (sulfide) groups is 1. The molecule has 0 atom stereocenters. The van der Waals surface area contributed by atoms with Crippen LogP contribution in [-0.2, 0) is 0 Å². The average molecular weight is 212 g/mol. The highest BCUT2D eigenvalue weighted by Gasteiger charge is 2.04. The molecule has 0 spiro atoms. The monoisotopic (exact) mass is 211 g/mol. The lowest BCUT2D eigenvalue weighted by Gasteiger charge is -2.06. The highest BCUT2D eigenvalue weighted by molar-refractivity contribution is 8.00. The van der Waals surface area contributed by atoms with E-state index in [1.165, 1.54) is 0 Å². The van der Waals surface area contributed by atoms with Crippen molar-refractivity contribution in [2.45, 2.75) is 24.0 Å². The van der Waals surface area contributed by atoms with E-state index in [-0.39, 0.29) is 0 Å². The maximum Gasteiger partial charge on any atom is 0.0992 e. The molecule has 0 amide bonds. The number of rotatable bonds is 2. The highest BCUT2D eigenvalue weighted by Crippen LogP contribution is 2.30. The zero-order valence-corrected chi connectivity index (χ0v) is 9.12. The first-order valence-electron chi connectivity index (χ1n) is 4.00. The van der Waals surface area contributed by atoms with Crippen molar-refractivity contribution in [3.05, 3.63) is 28.8 Å². The predicted octanol–water partition coefficient (Wildman–Crippen LogP) is 3.71. The van der Waals surface area contributed by atoms with Crippen molar-refractivity contribution in [1.82, 2.24) is 0 Å². The SMILES string of the molecule is CC(C)Sc1ccc(C#N)cc1Cl. The molecule has 1 aromatic rings. The first-order chi connectivity index (χ1) is 6.13. The van der Waals surface area contributed by atoms with Crippen LogP contribution in [0.2, 0.25) is 5.02 Å². The Balaban J connectivity index is 2.93. The summed E-state index contributed by atoms with van der Waals surface area (Å²) in [5.41, 5.74) is 0.609. The van der Waals surface area contributed by atoms with Crippen molar-refractivity contribution in [2.24, 2.45) is 0 Å². The summed E-state index contributed by atoms with van der Waals surface area (Å²) < 4.78 is 0. The molecule has 0 aliphatic carbocycles. The Labute approximate surface area is 87.7 Å². The number of halogens is 1. The van der Waals surface area contributed by atoms with Crippen molar-refractivity contribution < 1.29 is 0 Å². The molecule has 1 aromatic carbocycles. The molecule has 13 heavy (non-hydrogen) atoms. The van der Waals surface area contributed by atoms with Gasteiger partial charge in [-0.05, 0) is 18.2 Å². The summed E-state index contributed by atoms with van der Waals surface area (Å²) in [6, 6.07) is 7.44. The van der Waals surface area contributed by atoms with E-state index < -0.39 is 0 Å². The predicted molar refractivity (Wildman–Crippen MR) is 57.2 cm³/mol. The lowest BCUT2D eigenvalue weighted by atomic mass is 10.2. The van der Waals surface area contributed by atoms with E-state index in [4.69, 9.17) is 16.9 Å². The third-order valence-electron chi connectivity index (χ3n) is 1.42. The molecule has 0 radical (unpaired) electrons. The molecule has 0 aliphatic heterocycles. The third-order valence-corrected chi connectivity index (χ3v) is 2.93. The van der Waals surface area contributed by atoms with Crippen molar-refractivity contribution in [3.63, 3.8) is 0 Å². The maximum absolute atomic E-state index is 8.62. The summed E-state index contributed by atoms with van der Waals surface area (Å²) in [7, 11) is 0. The van der Waals surface area contributed by atoms with Gasteiger partial charge in [-0.15, -0.1) is 11.8 Å². The zero-order valence-electron chi connectivity index (χ0n) is 7.54. The Hall–Kier alpha value is -0.650. The van der Waals surface area contributed by atoms with Gasteiger partial charge >= 0.3 is 0 Å². The molecule has 0 aromatic heterocycles. The molecule has 0 unspecified atom stereocenters. The fourth-order valence-corrected chi connectivity index (χ4v) is 2.06. The molecule has 0 bridgehead atoms. The second-order valence-electron chi connectivity index (χ2n) is 2.92. The minimum atomic E-state index is 0.505. The molecule has 3 heteroatoms. The molecule has 0 heterocycles. The van der Waals surface area contributed by atoms with E-state index >= 15 is 0 Å².